The maximum atomic E-state index is 10.5. The van der Waals surface area contributed by atoms with Crippen LogP contribution in [-0.4, -0.2) is 67.5 Å². The highest BCUT2D eigenvalue weighted by atomic mass is 127. The lowest BCUT2D eigenvalue weighted by atomic mass is 9.98. The third-order valence-corrected chi connectivity index (χ3v) is 6.33. The van der Waals surface area contributed by atoms with Crippen LogP contribution in [0.5, 0.6) is 0 Å². The minimum absolute atomic E-state index is 0. The van der Waals surface area contributed by atoms with E-state index in [1.165, 1.54) is 9.75 Å². The van der Waals surface area contributed by atoms with E-state index in [9.17, 15) is 5.11 Å². The fraction of sp³-hybridized carbons (Fsp3) is 0.750. The molecule has 1 fully saturated rings. The SMILES string of the molecule is CCNC(=NCC(O)(CC)CC)NCC(c1ccc(C)s1)N1CCOCC1.I. The van der Waals surface area contributed by atoms with Crippen LogP contribution >= 0.6 is 35.3 Å². The van der Waals surface area contributed by atoms with Crippen molar-refractivity contribution in [3.8, 4) is 0 Å². The summed E-state index contributed by atoms with van der Waals surface area (Å²) in [6, 6.07) is 4.72. The first-order valence-electron chi connectivity index (χ1n) is 10.1. The zero-order valence-corrected chi connectivity index (χ0v) is 20.8. The predicted octanol–water partition coefficient (Wildman–Crippen LogP) is 3.15. The van der Waals surface area contributed by atoms with E-state index in [1.807, 2.05) is 25.2 Å². The van der Waals surface area contributed by atoms with Gasteiger partial charge in [-0.25, -0.2) is 0 Å². The highest BCUT2D eigenvalue weighted by Gasteiger charge is 2.25. The molecule has 0 saturated carbocycles. The monoisotopic (exact) mass is 524 g/mol. The molecule has 1 aromatic heterocycles. The standard InChI is InChI=1S/C20H36N4O2S.HI/c1-5-20(25,6-2)15-23-19(21-7-3)22-14-17(18-9-8-16(4)27-18)24-10-12-26-13-11-24;/h8-9,17,25H,5-7,10-15H2,1-4H3,(H2,21,22,23);1H. The number of nitrogens with zero attached hydrogens (tertiary/aromatic N) is 2. The Kier molecular flexibility index (Phi) is 11.9. The van der Waals surface area contributed by atoms with Crippen molar-refractivity contribution >= 4 is 41.3 Å². The van der Waals surface area contributed by atoms with E-state index >= 15 is 0 Å². The Morgan fingerprint density at radius 1 is 1.25 bits per heavy atom. The van der Waals surface area contributed by atoms with Gasteiger partial charge < -0.3 is 20.5 Å². The van der Waals surface area contributed by atoms with E-state index in [-0.39, 0.29) is 24.0 Å². The van der Waals surface area contributed by atoms with Crippen LogP contribution < -0.4 is 10.6 Å². The van der Waals surface area contributed by atoms with Crippen LogP contribution in [0.1, 0.15) is 49.4 Å². The molecule has 1 aliphatic rings. The summed E-state index contributed by atoms with van der Waals surface area (Å²) in [5, 5.41) is 17.3. The van der Waals surface area contributed by atoms with Crippen molar-refractivity contribution in [3.05, 3.63) is 21.9 Å². The average Bonchev–Trinajstić information content (AvgIpc) is 3.12. The van der Waals surface area contributed by atoms with Crippen LogP contribution in [-0.2, 0) is 4.74 Å². The number of hydrogen-bond acceptors (Lipinski definition) is 5. The number of rotatable bonds is 9. The van der Waals surface area contributed by atoms with Gasteiger partial charge in [-0.15, -0.1) is 35.3 Å². The summed E-state index contributed by atoms with van der Waals surface area (Å²) in [6.07, 6.45) is 1.41. The van der Waals surface area contributed by atoms with Gasteiger partial charge in [0.15, 0.2) is 5.96 Å². The lowest BCUT2D eigenvalue weighted by Gasteiger charge is -2.34. The molecule has 0 bridgehead atoms. The van der Waals surface area contributed by atoms with E-state index in [0.29, 0.717) is 25.4 Å². The topological polar surface area (TPSA) is 69.1 Å². The molecule has 3 N–H and O–H groups in total. The van der Waals surface area contributed by atoms with Gasteiger partial charge in [-0.3, -0.25) is 9.89 Å². The molecule has 0 aliphatic carbocycles. The molecule has 1 aliphatic heterocycles. The summed E-state index contributed by atoms with van der Waals surface area (Å²) in [4.78, 5) is 9.84. The Bertz CT molecular complexity index is 587. The Balaban J connectivity index is 0.00000392. The summed E-state index contributed by atoms with van der Waals surface area (Å²) < 4.78 is 5.53. The highest BCUT2D eigenvalue weighted by molar-refractivity contribution is 14.0. The average molecular weight is 525 g/mol. The Labute approximate surface area is 191 Å². The number of nitrogens with one attached hydrogen (secondary N) is 2. The lowest BCUT2D eigenvalue weighted by molar-refractivity contribution is 0.0176. The van der Waals surface area contributed by atoms with Gasteiger partial charge in [-0.05, 0) is 38.8 Å². The van der Waals surface area contributed by atoms with Crippen LogP contribution in [0.4, 0.5) is 0 Å². The van der Waals surface area contributed by atoms with Gasteiger partial charge in [-0.1, -0.05) is 13.8 Å². The lowest BCUT2D eigenvalue weighted by Crippen LogP contribution is -2.46. The van der Waals surface area contributed by atoms with E-state index in [4.69, 9.17) is 4.74 Å². The largest absolute Gasteiger partial charge is 0.388 e. The van der Waals surface area contributed by atoms with Crippen LogP contribution in [0.25, 0.3) is 0 Å². The zero-order chi connectivity index (χ0) is 19.7. The van der Waals surface area contributed by atoms with Gasteiger partial charge in [0.1, 0.15) is 0 Å². The van der Waals surface area contributed by atoms with Gasteiger partial charge in [0.2, 0.25) is 0 Å². The number of ether oxygens (including phenoxy) is 1. The van der Waals surface area contributed by atoms with Gasteiger partial charge in [0, 0.05) is 35.9 Å². The number of aliphatic imine (C=N–C) groups is 1. The molecule has 1 unspecified atom stereocenters. The second kappa shape index (κ2) is 13.0. The zero-order valence-electron chi connectivity index (χ0n) is 17.7. The molecule has 162 valence electrons. The van der Waals surface area contributed by atoms with Crippen molar-refractivity contribution in [2.24, 2.45) is 4.99 Å². The molecule has 0 aromatic carbocycles. The minimum Gasteiger partial charge on any atom is -0.388 e. The smallest absolute Gasteiger partial charge is 0.191 e. The van der Waals surface area contributed by atoms with Crippen LogP contribution in [0.15, 0.2) is 17.1 Å². The molecular formula is C20H37IN4O2S. The highest BCUT2D eigenvalue weighted by Crippen LogP contribution is 2.27. The Morgan fingerprint density at radius 2 is 1.93 bits per heavy atom. The van der Waals surface area contributed by atoms with Crippen molar-refractivity contribution in [3.63, 3.8) is 0 Å². The van der Waals surface area contributed by atoms with Gasteiger partial charge >= 0.3 is 0 Å². The van der Waals surface area contributed by atoms with Crippen LogP contribution in [0.2, 0.25) is 0 Å². The summed E-state index contributed by atoms with van der Waals surface area (Å²) in [5.41, 5.74) is -0.725. The molecule has 28 heavy (non-hydrogen) atoms. The van der Waals surface area contributed by atoms with Crippen molar-refractivity contribution < 1.29 is 9.84 Å². The van der Waals surface area contributed by atoms with Crippen molar-refractivity contribution in [1.82, 2.24) is 15.5 Å². The molecule has 8 heteroatoms. The number of aryl methyl sites for hydroxylation is 1. The molecule has 0 radical (unpaired) electrons. The molecule has 1 aromatic rings. The molecule has 2 heterocycles. The first-order valence-corrected chi connectivity index (χ1v) is 11.0. The molecule has 1 saturated heterocycles. The van der Waals surface area contributed by atoms with Crippen LogP contribution in [0, 0.1) is 6.92 Å². The number of hydrogen-bond donors (Lipinski definition) is 3. The van der Waals surface area contributed by atoms with E-state index < -0.39 is 5.60 Å². The van der Waals surface area contributed by atoms with E-state index in [0.717, 1.165) is 45.4 Å². The van der Waals surface area contributed by atoms with Gasteiger partial charge in [-0.2, -0.15) is 0 Å². The maximum Gasteiger partial charge on any atom is 0.191 e. The third-order valence-electron chi connectivity index (χ3n) is 5.23. The second-order valence-corrected chi connectivity index (χ2v) is 8.44. The van der Waals surface area contributed by atoms with Crippen LogP contribution in [0.3, 0.4) is 0 Å². The predicted molar refractivity (Wildman–Crippen MR) is 129 cm³/mol. The quantitative estimate of drug-likeness (QED) is 0.263. The number of guanidine groups is 1. The molecule has 2 rings (SSSR count). The third kappa shape index (κ3) is 7.78. The van der Waals surface area contributed by atoms with E-state index in [2.05, 4.69) is 46.5 Å². The number of thiophene rings is 1. The number of aliphatic hydroxyl groups is 1. The molecule has 0 amide bonds. The fourth-order valence-electron chi connectivity index (χ4n) is 3.17. The van der Waals surface area contributed by atoms with Crippen molar-refractivity contribution in [1.29, 1.82) is 0 Å². The minimum atomic E-state index is -0.725. The molecule has 1 atom stereocenters. The molecule has 0 spiro atoms. The number of halogens is 1. The van der Waals surface area contributed by atoms with E-state index in [1.54, 1.807) is 0 Å². The first kappa shape index (κ1) is 25.6. The Morgan fingerprint density at radius 3 is 2.46 bits per heavy atom. The number of morpholine rings is 1. The molecule has 6 nitrogen and oxygen atoms in total. The maximum absolute atomic E-state index is 10.5. The first-order chi connectivity index (χ1) is 13.0. The Hall–Kier alpha value is -0.420. The second-order valence-electron chi connectivity index (χ2n) is 7.12. The summed E-state index contributed by atoms with van der Waals surface area (Å²) in [6.45, 7) is 13.7. The summed E-state index contributed by atoms with van der Waals surface area (Å²) >= 11 is 1.86. The molecular weight excluding hydrogens is 487 g/mol. The fourth-order valence-corrected chi connectivity index (χ4v) is 4.18. The summed E-state index contributed by atoms with van der Waals surface area (Å²) in [7, 11) is 0. The normalized spacial score (nSPS) is 17.1. The summed E-state index contributed by atoms with van der Waals surface area (Å²) in [5.74, 6) is 0.768. The van der Waals surface area contributed by atoms with Crippen molar-refractivity contribution in [2.75, 3.05) is 45.9 Å². The van der Waals surface area contributed by atoms with Gasteiger partial charge in [0.25, 0.3) is 0 Å². The van der Waals surface area contributed by atoms with Gasteiger partial charge in [0.05, 0.1) is 31.4 Å². The van der Waals surface area contributed by atoms with Crippen molar-refractivity contribution in [2.45, 2.75) is 52.2 Å².